The largest absolute Gasteiger partial charge is 0.369 e. The van der Waals surface area contributed by atoms with Crippen molar-refractivity contribution in [2.45, 2.75) is 13.3 Å². The SMILES string of the molecule is Cn1cccc1C(=O)CN1CCC(C)(C(N)=O)C1. The third-order valence-corrected chi connectivity index (χ3v) is 3.74. The van der Waals surface area contributed by atoms with Crippen molar-refractivity contribution in [3.63, 3.8) is 0 Å². The summed E-state index contributed by atoms with van der Waals surface area (Å²) in [7, 11) is 1.85. The summed E-state index contributed by atoms with van der Waals surface area (Å²) in [6, 6.07) is 3.66. The molecule has 0 bridgehead atoms. The zero-order chi connectivity index (χ0) is 13.3. The van der Waals surface area contributed by atoms with Crippen LogP contribution in [0.5, 0.6) is 0 Å². The van der Waals surface area contributed by atoms with E-state index in [1.54, 1.807) is 0 Å². The molecule has 1 saturated heterocycles. The van der Waals surface area contributed by atoms with Crippen molar-refractivity contribution in [2.24, 2.45) is 18.2 Å². The fourth-order valence-corrected chi connectivity index (χ4v) is 2.43. The molecule has 1 aromatic heterocycles. The molecule has 1 aromatic rings. The van der Waals surface area contributed by atoms with Crippen LogP contribution in [0.25, 0.3) is 0 Å². The highest BCUT2D eigenvalue weighted by atomic mass is 16.1. The Labute approximate surface area is 107 Å². The molecule has 0 spiro atoms. The second-order valence-corrected chi connectivity index (χ2v) is 5.31. The van der Waals surface area contributed by atoms with E-state index in [9.17, 15) is 9.59 Å². The molecule has 5 heteroatoms. The molecule has 0 aliphatic carbocycles. The minimum atomic E-state index is -0.492. The van der Waals surface area contributed by atoms with Crippen LogP contribution in [0.15, 0.2) is 18.3 Å². The zero-order valence-electron chi connectivity index (χ0n) is 10.8. The molecule has 0 radical (unpaired) electrons. The number of carbonyl (C=O) groups is 2. The first-order valence-corrected chi connectivity index (χ1v) is 6.09. The van der Waals surface area contributed by atoms with Gasteiger partial charge in [0.15, 0.2) is 5.78 Å². The van der Waals surface area contributed by atoms with Crippen LogP contribution < -0.4 is 5.73 Å². The molecule has 2 heterocycles. The lowest BCUT2D eigenvalue weighted by molar-refractivity contribution is -0.126. The molecule has 1 aliphatic rings. The maximum Gasteiger partial charge on any atom is 0.224 e. The molecular formula is C13H19N3O2. The minimum absolute atomic E-state index is 0.0798. The van der Waals surface area contributed by atoms with Crippen LogP contribution in [0.2, 0.25) is 0 Å². The van der Waals surface area contributed by atoms with E-state index in [1.165, 1.54) is 0 Å². The van der Waals surface area contributed by atoms with Gasteiger partial charge in [-0.2, -0.15) is 0 Å². The Kier molecular flexibility index (Phi) is 3.26. The normalized spacial score (nSPS) is 24.3. The van der Waals surface area contributed by atoms with E-state index in [0.29, 0.717) is 18.8 Å². The highest BCUT2D eigenvalue weighted by Crippen LogP contribution is 2.29. The molecule has 0 aromatic carbocycles. The first-order valence-electron chi connectivity index (χ1n) is 6.09. The summed E-state index contributed by atoms with van der Waals surface area (Å²) in [5, 5.41) is 0. The summed E-state index contributed by atoms with van der Waals surface area (Å²) in [5.41, 5.74) is 5.59. The highest BCUT2D eigenvalue weighted by Gasteiger charge is 2.39. The topological polar surface area (TPSA) is 68.3 Å². The first kappa shape index (κ1) is 12.8. The molecular weight excluding hydrogens is 230 g/mol. The highest BCUT2D eigenvalue weighted by molar-refractivity contribution is 5.96. The number of hydrogen-bond acceptors (Lipinski definition) is 3. The number of likely N-dealkylation sites (tertiary alicyclic amines) is 1. The van der Waals surface area contributed by atoms with E-state index in [0.717, 1.165) is 13.0 Å². The maximum absolute atomic E-state index is 12.1. The molecule has 0 saturated carbocycles. The quantitative estimate of drug-likeness (QED) is 0.786. The van der Waals surface area contributed by atoms with Crippen LogP contribution in [-0.4, -0.2) is 40.8 Å². The number of Topliss-reactive ketones (excluding diaryl/α,β-unsaturated/α-hetero) is 1. The van der Waals surface area contributed by atoms with E-state index in [-0.39, 0.29) is 11.7 Å². The van der Waals surface area contributed by atoms with Gasteiger partial charge < -0.3 is 10.3 Å². The predicted molar refractivity (Wildman–Crippen MR) is 68.1 cm³/mol. The second-order valence-electron chi connectivity index (χ2n) is 5.31. The van der Waals surface area contributed by atoms with Crippen LogP contribution in [0.1, 0.15) is 23.8 Å². The van der Waals surface area contributed by atoms with Crippen LogP contribution in [-0.2, 0) is 11.8 Å². The van der Waals surface area contributed by atoms with Crippen molar-refractivity contribution in [3.05, 3.63) is 24.0 Å². The van der Waals surface area contributed by atoms with Crippen molar-refractivity contribution in [2.75, 3.05) is 19.6 Å². The summed E-state index contributed by atoms with van der Waals surface area (Å²) >= 11 is 0. The van der Waals surface area contributed by atoms with Gasteiger partial charge in [0.2, 0.25) is 5.91 Å². The van der Waals surface area contributed by atoms with Gasteiger partial charge in [0.1, 0.15) is 0 Å². The van der Waals surface area contributed by atoms with Crippen LogP contribution in [0.3, 0.4) is 0 Å². The Hall–Kier alpha value is -1.62. The van der Waals surface area contributed by atoms with Crippen LogP contribution in [0, 0.1) is 5.41 Å². The maximum atomic E-state index is 12.1. The molecule has 1 fully saturated rings. The van der Waals surface area contributed by atoms with E-state index >= 15 is 0 Å². The Bertz CT molecular complexity index is 480. The molecule has 1 atom stereocenters. The van der Waals surface area contributed by atoms with Crippen LogP contribution in [0.4, 0.5) is 0 Å². The number of nitrogens with zero attached hydrogens (tertiary/aromatic N) is 2. The second kappa shape index (κ2) is 4.57. The monoisotopic (exact) mass is 249 g/mol. The van der Waals surface area contributed by atoms with Crippen molar-refractivity contribution in [1.29, 1.82) is 0 Å². The smallest absolute Gasteiger partial charge is 0.224 e. The number of rotatable bonds is 4. The number of aryl methyl sites for hydroxylation is 1. The molecule has 5 nitrogen and oxygen atoms in total. The van der Waals surface area contributed by atoms with E-state index < -0.39 is 5.41 Å². The molecule has 1 aliphatic heterocycles. The van der Waals surface area contributed by atoms with E-state index in [1.807, 2.05) is 41.8 Å². The van der Waals surface area contributed by atoms with E-state index in [2.05, 4.69) is 0 Å². The zero-order valence-corrected chi connectivity index (χ0v) is 10.8. The number of primary amides is 1. The number of ketones is 1. The summed E-state index contributed by atoms with van der Waals surface area (Å²) in [6.07, 6.45) is 2.58. The average Bonchev–Trinajstić information content (AvgIpc) is 2.86. The Morgan fingerprint density at radius 2 is 2.22 bits per heavy atom. The van der Waals surface area contributed by atoms with Gasteiger partial charge in [-0.25, -0.2) is 0 Å². The van der Waals surface area contributed by atoms with Gasteiger partial charge in [-0.1, -0.05) is 0 Å². The minimum Gasteiger partial charge on any atom is -0.369 e. The Morgan fingerprint density at radius 1 is 1.50 bits per heavy atom. The first-order chi connectivity index (χ1) is 8.42. The molecule has 1 amide bonds. The molecule has 98 valence electrons. The standard InChI is InChI=1S/C13H19N3O2/c1-13(12(14)18)5-7-16(9-13)8-11(17)10-4-3-6-15(10)2/h3-4,6H,5,7-9H2,1-2H3,(H2,14,18). The van der Waals surface area contributed by atoms with Gasteiger partial charge in [0, 0.05) is 19.8 Å². The predicted octanol–water partition coefficient (Wildman–Crippen LogP) is 0.405. The van der Waals surface area contributed by atoms with Crippen LogP contribution >= 0.6 is 0 Å². The van der Waals surface area contributed by atoms with E-state index in [4.69, 9.17) is 5.73 Å². The van der Waals surface area contributed by atoms with Crippen molar-refractivity contribution in [1.82, 2.24) is 9.47 Å². The van der Waals surface area contributed by atoms with Gasteiger partial charge in [-0.15, -0.1) is 0 Å². The molecule has 2 N–H and O–H groups in total. The number of aromatic nitrogens is 1. The summed E-state index contributed by atoms with van der Waals surface area (Å²) < 4.78 is 1.81. The van der Waals surface area contributed by atoms with Gasteiger partial charge in [-0.3, -0.25) is 14.5 Å². The number of hydrogen-bond donors (Lipinski definition) is 1. The Morgan fingerprint density at radius 3 is 2.72 bits per heavy atom. The third kappa shape index (κ3) is 2.31. The number of amides is 1. The summed E-state index contributed by atoms with van der Waals surface area (Å²) in [6.45, 7) is 3.52. The van der Waals surface area contributed by atoms with Crippen molar-refractivity contribution in [3.8, 4) is 0 Å². The molecule has 1 unspecified atom stereocenters. The fraction of sp³-hybridized carbons (Fsp3) is 0.538. The lowest BCUT2D eigenvalue weighted by Gasteiger charge is -2.20. The lowest BCUT2D eigenvalue weighted by Crippen LogP contribution is -2.38. The van der Waals surface area contributed by atoms with Gasteiger partial charge in [-0.05, 0) is 32.0 Å². The fourth-order valence-electron chi connectivity index (χ4n) is 2.43. The van der Waals surface area contributed by atoms with Gasteiger partial charge >= 0.3 is 0 Å². The number of carbonyl (C=O) groups excluding carboxylic acids is 2. The lowest BCUT2D eigenvalue weighted by atomic mass is 9.89. The summed E-state index contributed by atoms with van der Waals surface area (Å²) in [5.74, 6) is -0.201. The molecule has 18 heavy (non-hydrogen) atoms. The van der Waals surface area contributed by atoms with Crippen molar-refractivity contribution >= 4 is 11.7 Å². The van der Waals surface area contributed by atoms with Crippen molar-refractivity contribution < 1.29 is 9.59 Å². The average molecular weight is 249 g/mol. The van der Waals surface area contributed by atoms with Gasteiger partial charge in [0.25, 0.3) is 0 Å². The molecule has 2 rings (SSSR count). The number of nitrogens with two attached hydrogens (primary N) is 1. The summed E-state index contributed by atoms with van der Waals surface area (Å²) in [4.78, 5) is 25.4. The Balaban J connectivity index is 1.99. The van der Waals surface area contributed by atoms with Gasteiger partial charge in [0.05, 0.1) is 17.7 Å². The third-order valence-electron chi connectivity index (χ3n) is 3.74.